The fraction of sp³-hybridized carbons (Fsp3) is 0.348. The van der Waals surface area contributed by atoms with Crippen molar-refractivity contribution in [1.82, 2.24) is 23.4 Å². The van der Waals surface area contributed by atoms with Crippen molar-refractivity contribution in [3.8, 4) is 22.5 Å². The van der Waals surface area contributed by atoms with Crippen molar-refractivity contribution in [2.45, 2.75) is 71.4 Å². The summed E-state index contributed by atoms with van der Waals surface area (Å²) >= 11 is 0. The Bertz CT molecular complexity index is 2740. The second-order valence-electron chi connectivity index (χ2n) is 17.7. The molecule has 2 amide bonds. The van der Waals surface area contributed by atoms with Crippen LogP contribution in [0.15, 0.2) is 96.2 Å². The molecular formula is C46H49N7O5S. The van der Waals surface area contributed by atoms with Gasteiger partial charge in [-0.25, -0.2) is 27.2 Å². The maximum atomic E-state index is 14.6. The number of hydrogen-bond donors (Lipinski definition) is 0. The molecular weight excluding hydrogens is 763 g/mol. The lowest BCUT2D eigenvalue weighted by molar-refractivity contribution is 0.0240. The van der Waals surface area contributed by atoms with Crippen LogP contribution in [0.3, 0.4) is 0 Å². The van der Waals surface area contributed by atoms with Crippen LogP contribution in [0.25, 0.3) is 33.5 Å². The van der Waals surface area contributed by atoms with Crippen LogP contribution in [0, 0.1) is 12.3 Å². The molecule has 0 bridgehead atoms. The molecule has 0 radical (unpaired) electrons. The van der Waals surface area contributed by atoms with E-state index in [9.17, 15) is 18.0 Å². The molecule has 9 rings (SSSR count). The standard InChI is InChI=1S/C46H49N7O5S/c1-30-35(13-10-14-37(30)52-24-23-51-39(43(52)54)25-32-27-46(5,6)28-40(32)51)41-36-26-38(53(42(36)48-29-47-41)59(56,57)34-11-8-7-9-12-34)31-15-17-33(18-16-31)49-19-21-50(22-20-49)44(55)58-45(2,3)4/h7-18,25-26,29H,19-24,27-28H2,1-6H3. The Balaban J connectivity index is 1.08. The highest BCUT2D eigenvalue weighted by Gasteiger charge is 2.37. The van der Waals surface area contributed by atoms with Gasteiger partial charge in [0.15, 0.2) is 5.65 Å². The molecule has 3 aliphatic rings. The molecule has 0 spiro atoms. The largest absolute Gasteiger partial charge is 0.444 e. The van der Waals surface area contributed by atoms with Gasteiger partial charge in [0.05, 0.1) is 16.3 Å². The normalized spacial score (nSPS) is 16.7. The number of carbonyl (C=O) groups excluding carboxylic acids is 2. The lowest BCUT2D eigenvalue weighted by Crippen LogP contribution is -2.50. The summed E-state index contributed by atoms with van der Waals surface area (Å²) < 4.78 is 38.3. The van der Waals surface area contributed by atoms with E-state index < -0.39 is 15.6 Å². The summed E-state index contributed by atoms with van der Waals surface area (Å²) in [6, 6.07) is 26.0. The second-order valence-corrected chi connectivity index (χ2v) is 19.4. The average Bonchev–Trinajstić information content (AvgIpc) is 3.87. The Morgan fingerprint density at radius 2 is 1.54 bits per heavy atom. The molecule has 0 unspecified atom stereocenters. The maximum Gasteiger partial charge on any atom is 0.410 e. The zero-order valence-electron chi connectivity index (χ0n) is 34.4. The SMILES string of the molecule is Cc1c(-c2ncnc3c2cc(-c2ccc(N4CCN(C(=O)OC(C)(C)C)CC4)cc2)n3S(=O)(=O)c2ccccc2)cccc1N1CCn2c(cc3c2CC(C)(C)C3)C1=O. The Kier molecular flexibility index (Phi) is 9.22. The number of fused-ring (bicyclic) bond motifs is 4. The van der Waals surface area contributed by atoms with Gasteiger partial charge in [-0.15, -0.1) is 0 Å². The van der Waals surface area contributed by atoms with E-state index in [1.807, 2.05) is 81.1 Å². The second kappa shape index (κ2) is 14.1. The summed E-state index contributed by atoms with van der Waals surface area (Å²) in [4.78, 5) is 42.1. The van der Waals surface area contributed by atoms with Gasteiger partial charge in [0, 0.05) is 67.3 Å². The summed E-state index contributed by atoms with van der Waals surface area (Å²) in [6.07, 6.45) is 3.03. The Hall–Kier alpha value is -5.95. The van der Waals surface area contributed by atoms with Gasteiger partial charge in [0.25, 0.3) is 15.9 Å². The molecule has 6 aromatic rings. The Morgan fingerprint density at radius 1 is 0.814 bits per heavy atom. The van der Waals surface area contributed by atoms with Crippen LogP contribution < -0.4 is 9.80 Å². The number of nitrogens with zero attached hydrogens (tertiary/aromatic N) is 7. The molecule has 2 aliphatic heterocycles. The Labute approximate surface area is 345 Å². The van der Waals surface area contributed by atoms with Crippen LogP contribution in [-0.2, 0) is 34.1 Å². The first-order chi connectivity index (χ1) is 28.1. The summed E-state index contributed by atoms with van der Waals surface area (Å²) in [7, 11) is -4.12. The Morgan fingerprint density at radius 3 is 2.25 bits per heavy atom. The number of anilines is 2. The van der Waals surface area contributed by atoms with Crippen LogP contribution >= 0.6 is 0 Å². The number of aromatic nitrogens is 4. The van der Waals surface area contributed by atoms with Crippen LogP contribution in [0.4, 0.5) is 16.2 Å². The highest BCUT2D eigenvalue weighted by atomic mass is 32.2. The molecule has 59 heavy (non-hydrogen) atoms. The van der Waals surface area contributed by atoms with Crippen LogP contribution in [-0.4, -0.2) is 82.2 Å². The molecule has 1 aliphatic carbocycles. The van der Waals surface area contributed by atoms with Crippen LogP contribution in [0.1, 0.15) is 61.9 Å². The minimum Gasteiger partial charge on any atom is -0.444 e. The third-order valence-corrected chi connectivity index (χ3v) is 13.5. The number of piperazine rings is 1. The van der Waals surface area contributed by atoms with Gasteiger partial charge in [-0.05, 0) is 105 Å². The summed E-state index contributed by atoms with van der Waals surface area (Å²) in [5.41, 5.74) is 8.30. The van der Waals surface area contributed by atoms with Gasteiger partial charge in [0.2, 0.25) is 0 Å². The van der Waals surface area contributed by atoms with Crippen molar-refractivity contribution in [1.29, 1.82) is 0 Å². The van der Waals surface area contributed by atoms with E-state index in [1.165, 1.54) is 21.6 Å². The van der Waals surface area contributed by atoms with E-state index >= 15 is 0 Å². The monoisotopic (exact) mass is 811 g/mol. The van der Waals surface area contributed by atoms with Gasteiger partial charge in [0.1, 0.15) is 17.6 Å². The van der Waals surface area contributed by atoms with E-state index in [0.29, 0.717) is 55.1 Å². The fourth-order valence-electron chi connectivity index (χ4n) is 8.98. The molecule has 12 nitrogen and oxygen atoms in total. The number of amides is 2. The fourth-order valence-corrected chi connectivity index (χ4v) is 10.5. The van der Waals surface area contributed by atoms with E-state index in [-0.39, 0.29) is 28.0 Å². The van der Waals surface area contributed by atoms with Crippen LogP contribution in [0.5, 0.6) is 0 Å². The zero-order valence-corrected chi connectivity index (χ0v) is 35.2. The number of ether oxygens (including phenoxy) is 1. The summed E-state index contributed by atoms with van der Waals surface area (Å²) in [5, 5.41) is 0.572. The number of rotatable bonds is 6. The van der Waals surface area contributed by atoms with E-state index in [0.717, 1.165) is 47.6 Å². The zero-order chi connectivity index (χ0) is 41.4. The first-order valence-corrected chi connectivity index (χ1v) is 21.7. The molecule has 3 aromatic heterocycles. The first-order valence-electron chi connectivity index (χ1n) is 20.2. The molecule has 304 valence electrons. The number of hydrogen-bond acceptors (Lipinski definition) is 8. The van der Waals surface area contributed by atoms with Gasteiger partial charge in [-0.1, -0.05) is 56.3 Å². The third kappa shape index (κ3) is 6.84. The molecule has 0 saturated carbocycles. The predicted molar refractivity (Wildman–Crippen MR) is 229 cm³/mol. The van der Waals surface area contributed by atoms with Crippen molar-refractivity contribution in [2.24, 2.45) is 5.41 Å². The van der Waals surface area contributed by atoms with E-state index in [2.05, 4.69) is 34.4 Å². The molecule has 0 atom stereocenters. The van der Waals surface area contributed by atoms with Gasteiger partial charge < -0.3 is 24.0 Å². The van der Waals surface area contributed by atoms with Crippen LogP contribution in [0.2, 0.25) is 0 Å². The average molecular weight is 812 g/mol. The van der Waals surface area contributed by atoms with Gasteiger partial charge in [-0.2, -0.15) is 0 Å². The molecule has 1 saturated heterocycles. The van der Waals surface area contributed by atoms with Crippen molar-refractivity contribution in [3.63, 3.8) is 0 Å². The first kappa shape index (κ1) is 38.6. The third-order valence-electron chi connectivity index (χ3n) is 11.8. The van der Waals surface area contributed by atoms with Crippen molar-refractivity contribution in [2.75, 3.05) is 42.5 Å². The van der Waals surface area contributed by atoms with E-state index in [4.69, 9.17) is 9.72 Å². The van der Waals surface area contributed by atoms with Crippen molar-refractivity contribution >= 4 is 44.4 Å². The molecule has 3 aromatic carbocycles. The minimum absolute atomic E-state index is 0.0210. The number of benzene rings is 3. The number of carbonyl (C=O) groups is 2. The topological polar surface area (TPSA) is 123 Å². The summed E-state index contributed by atoms with van der Waals surface area (Å²) in [5.74, 6) is -0.0210. The van der Waals surface area contributed by atoms with Gasteiger partial charge in [-0.3, -0.25) is 4.79 Å². The lowest BCUT2D eigenvalue weighted by atomic mass is 9.90. The predicted octanol–water partition coefficient (Wildman–Crippen LogP) is 7.95. The highest BCUT2D eigenvalue weighted by molar-refractivity contribution is 7.90. The van der Waals surface area contributed by atoms with E-state index in [1.54, 1.807) is 35.2 Å². The van der Waals surface area contributed by atoms with Crippen molar-refractivity contribution in [3.05, 3.63) is 114 Å². The smallest absolute Gasteiger partial charge is 0.410 e. The minimum atomic E-state index is -4.12. The van der Waals surface area contributed by atoms with Gasteiger partial charge >= 0.3 is 6.09 Å². The molecule has 5 heterocycles. The highest BCUT2D eigenvalue weighted by Crippen LogP contribution is 2.42. The molecule has 1 fully saturated rings. The maximum absolute atomic E-state index is 14.6. The lowest BCUT2D eigenvalue weighted by Gasteiger charge is -2.36. The quantitative estimate of drug-likeness (QED) is 0.166. The molecule has 13 heteroatoms. The summed E-state index contributed by atoms with van der Waals surface area (Å²) in [6.45, 7) is 15.7. The van der Waals surface area contributed by atoms with Crippen molar-refractivity contribution < 1.29 is 22.7 Å². The molecule has 0 N–H and O–H groups in total.